The molecule has 4 heteroatoms. The molecular formula is C18H32N2O2. The fourth-order valence-electron chi connectivity index (χ4n) is 3.86. The predicted molar refractivity (Wildman–Crippen MR) is 88.6 cm³/mol. The van der Waals surface area contributed by atoms with Crippen molar-refractivity contribution in [1.29, 1.82) is 0 Å². The maximum Gasteiger partial charge on any atom is 0.225 e. The van der Waals surface area contributed by atoms with Crippen LogP contribution in [0.15, 0.2) is 0 Å². The van der Waals surface area contributed by atoms with E-state index in [1.807, 2.05) is 0 Å². The number of amides is 1. The standard InChI is InChI=1S/C18H32N2O2/c1-13(21)14-5-7-15(8-6-14)17(22)20-11-9-16(10-12-20)19-18(2,3)4/h14-16,19H,5-12H2,1-4H3/t14-,15-. The van der Waals surface area contributed by atoms with Crippen molar-refractivity contribution in [3.8, 4) is 0 Å². The van der Waals surface area contributed by atoms with Crippen LogP contribution in [0.25, 0.3) is 0 Å². The van der Waals surface area contributed by atoms with Crippen LogP contribution in [0.3, 0.4) is 0 Å². The number of rotatable bonds is 3. The van der Waals surface area contributed by atoms with Crippen LogP contribution in [-0.4, -0.2) is 41.3 Å². The minimum absolute atomic E-state index is 0.141. The first kappa shape index (κ1) is 17.5. The Morgan fingerprint density at radius 3 is 1.86 bits per heavy atom. The molecule has 0 radical (unpaired) electrons. The summed E-state index contributed by atoms with van der Waals surface area (Å²) >= 11 is 0. The highest BCUT2D eigenvalue weighted by Gasteiger charge is 2.33. The minimum atomic E-state index is 0.141. The Hall–Kier alpha value is -0.900. The number of likely N-dealkylation sites (tertiary alicyclic amines) is 1. The van der Waals surface area contributed by atoms with Gasteiger partial charge in [-0.05, 0) is 66.2 Å². The zero-order valence-corrected chi connectivity index (χ0v) is 14.7. The van der Waals surface area contributed by atoms with E-state index < -0.39 is 0 Å². The van der Waals surface area contributed by atoms with Crippen LogP contribution < -0.4 is 5.32 Å². The zero-order valence-electron chi connectivity index (χ0n) is 14.7. The van der Waals surface area contributed by atoms with E-state index in [1.54, 1.807) is 6.92 Å². The molecule has 0 unspecified atom stereocenters. The first-order valence-electron chi connectivity index (χ1n) is 8.83. The first-order valence-corrected chi connectivity index (χ1v) is 8.83. The van der Waals surface area contributed by atoms with Gasteiger partial charge in [0.25, 0.3) is 0 Å². The van der Waals surface area contributed by atoms with Crippen molar-refractivity contribution in [3.05, 3.63) is 0 Å². The van der Waals surface area contributed by atoms with Gasteiger partial charge in [0.15, 0.2) is 0 Å². The Morgan fingerprint density at radius 2 is 1.41 bits per heavy atom. The van der Waals surface area contributed by atoms with Gasteiger partial charge in [-0.25, -0.2) is 0 Å². The first-order chi connectivity index (χ1) is 10.3. The molecule has 2 rings (SSSR count). The molecule has 0 aromatic rings. The van der Waals surface area contributed by atoms with E-state index in [2.05, 4.69) is 31.0 Å². The van der Waals surface area contributed by atoms with Crippen molar-refractivity contribution >= 4 is 11.7 Å². The molecule has 0 aromatic carbocycles. The summed E-state index contributed by atoms with van der Waals surface area (Å²) in [7, 11) is 0. The minimum Gasteiger partial charge on any atom is -0.342 e. The molecule has 1 saturated carbocycles. The van der Waals surface area contributed by atoms with E-state index in [0.717, 1.165) is 51.6 Å². The fourth-order valence-corrected chi connectivity index (χ4v) is 3.86. The third kappa shape index (κ3) is 4.80. The summed E-state index contributed by atoms with van der Waals surface area (Å²) in [6.07, 6.45) is 5.67. The zero-order chi connectivity index (χ0) is 16.3. The molecular weight excluding hydrogens is 276 g/mol. The lowest BCUT2D eigenvalue weighted by molar-refractivity contribution is -0.139. The molecule has 0 bridgehead atoms. The molecule has 0 spiro atoms. The van der Waals surface area contributed by atoms with E-state index in [-0.39, 0.29) is 17.4 Å². The molecule has 2 aliphatic rings. The molecule has 2 fully saturated rings. The van der Waals surface area contributed by atoms with Crippen LogP contribution in [-0.2, 0) is 9.59 Å². The molecule has 0 aromatic heterocycles. The second kappa shape index (κ2) is 7.12. The van der Waals surface area contributed by atoms with Gasteiger partial charge in [0.05, 0.1) is 0 Å². The monoisotopic (exact) mass is 308 g/mol. The Balaban J connectivity index is 1.77. The fraction of sp³-hybridized carbons (Fsp3) is 0.889. The molecule has 1 amide bonds. The van der Waals surface area contributed by atoms with Crippen molar-refractivity contribution in [3.63, 3.8) is 0 Å². The van der Waals surface area contributed by atoms with Crippen molar-refractivity contribution in [2.45, 2.75) is 77.8 Å². The van der Waals surface area contributed by atoms with Crippen molar-refractivity contribution in [1.82, 2.24) is 10.2 Å². The number of Topliss-reactive ketones (excluding diaryl/α,β-unsaturated/α-hetero) is 1. The second-order valence-electron chi connectivity index (χ2n) is 8.15. The summed E-state index contributed by atoms with van der Waals surface area (Å²) in [6, 6.07) is 0.525. The molecule has 1 heterocycles. The van der Waals surface area contributed by atoms with Gasteiger partial charge in [-0.3, -0.25) is 9.59 Å². The largest absolute Gasteiger partial charge is 0.342 e. The van der Waals surface area contributed by atoms with Crippen molar-refractivity contribution in [2.75, 3.05) is 13.1 Å². The van der Waals surface area contributed by atoms with Gasteiger partial charge in [0.2, 0.25) is 5.91 Å². The number of nitrogens with zero attached hydrogens (tertiary/aromatic N) is 1. The summed E-state index contributed by atoms with van der Waals surface area (Å²) < 4.78 is 0. The summed E-state index contributed by atoms with van der Waals surface area (Å²) in [4.78, 5) is 26.1. The van der Waals surface area contributed by atoms with E-state index in [1.165, 1.54) is 0 Å². The Morgan fingerprint density at radius 1 is 0.909 bits per heavy atom. The number of ketones is 1. The molecule has 22 heavy (non-hydrogen) atoms. The lowest BCUT2D eigenvalue weighted by atomic mass is 9.79. The molecule has 1 aliphatic heterocycles. The van der Waals surface area contributed by atoms with Crippen LogP contribution in [0.5, 0.6) is 0 Å². The molecule has 1 aliphatic carbocycles. The van der Waals surface area contributed by atoms with Crippen LogP contribution in [0.2, 0.25) is 0 Å². The third-order valence-electron chi connectivity index (χ3n) is 5.10. The third-order valence-corrected chi connectivity index (χ3v) is 5.10. The molecule has 1 N–H and O–H groups in total. The van der Waals surface area contributed by atoms with E-state index in [4.69, 9.17) is 0 Å². The summed E-state index contributed by atoms with van der Waals surface area (Å²) in [6.45, 7) is 10.0. The molecule has 1 saturated heterocycles. The maximum absolute atomic E-state index is 12.6. The predicted octanol–water partition coefficient (Wildman–Crippen LogP) is 2.76. The van der Waals surface area contributed by atoms with E-state index in [0.29, 0.717) is 17.7 Å². The lowest BCUT2D eigenvalue weighted by Gasteiger charge is -2.38. The maximum atomic E-state index is 12.6. The van der Waals surface area contributed by atoms with Gasteiger partial charge < -0.3 is 10.2 Å². The molecule has 126 valence electrons. The topological polar surface area (TPSA) is 49.4 Å². The van der Waals surface area contributed by atoms with Gasteiger partial charge in [-0.1, -0.05) is 0 Å². The van der Waals surface area contributed by atoms with Gasteiger partial charge in [0.1, 0.15) is 5.78 Å². The highest BCUT2D eigenvalue weighted by atomic mass is 16.2. The highest BCUT2D eigenvalue weighted by Crippen LogP contribution is 2.31. The van der Waals surface area contributed by atoms with Gasteiger partial charge >= 0.3 is 0 Å². The van der Waals surface area contributed by atoms with Gasteiger partial charge in [0, 0.05) is 36.5 Å². The number of carbonyl (C=O) groups excluding carboxylic acids is 2. The number of hydrogen-bond donors (Lipinski definition) is 1. The highest BCUT2D eigenvalue weighted by molar-refractivity contribution is 5.81. The van der Waals surface area contributed by atoms with Crippen LogP contribution >= 0.6 is 0 Å². The molecule has 4 nitrogen and oxygen atoms in total. The number of carbonyl (C=O) groups is 2. The Kier molecular flexibility index (Phi) is 5.65. The summed E-state index contributed by atoms with van der Waals surface area (Å²) in [5, 5.41) is 3.64. The second-order valence-corrected chi connectivity index (χ2v) is 8.15. The van der Waals surface area contributed by atoms with Gasteiger partial charge in [-0.15, -0.1) is 0 Å². The normalized spacial score (nSPS) is 27.7. The van der Waals surface area contributed by atoms with Crippen molar-refractivity contribution < 1.29 is 9.59 Å². The SMILES string of the molecule is CC(=O)[C@H]1CC[C@H](C(=O)N2CCC(NC(C)(C)C)CC2)CC1. The quantitative estimate of drug-likeness (QED) is 0.872. The Bertz CT molecular complexity index is 398. The van der Waals surface area contributed by atoms with Crippen molar-refractivity contribution in [2.24, 2.45) is 11.8 Å². The number of nitrogens with one attached hydrogen (secondary N) is 1. The number of hydrogen-bond acceptors (Lipinski definition) is 3. The van der Waals surface area contributed by atoms with Crippen LogP contribution in [0.1, 0.15) is 66.2 Å². The lowest BCUT2D eigenvalue weighted by Crippen LogP contribution is -2.51. The number of piperidine rings is 1. The summed E-state index contributed by atoms with van der Waals surface area (Å²) in [5.41, 5.74) is 0.141. The van der Waals surface area contributed by atoms with Crippen LogP contribution in [0, 0.1) is 11.8 Å². The average molecular weight is 308 g/mol. The van der Waals surface area contributed by atoms with Gasteiger partial charge in [-0.2, -0.15) is 0 Å². The summed E-state index contributed by atoms with van der Waals surface area (Å²) in [5.74, 6) is 0.977. The Labute approximate surface area is 135 Å². The smallest absolute Gasteiger partial charge is 0.225 e. The molecule has 0 atom stereocenters. The van der Waals surface area contributed by atoms with E-state index in [9.17, 15) is 9.59 Å². The van der Waals surface area contributed by atoms with Crippen LogP contribution in [0.4, 0.5) is 0 Å². The van der Waals surface area contributed by atoms with E-state index >= 15 is 0 Å². The average Bonchev–Trinajstić information content (AvgIpc) is 2.46.